The number of likely N-dealkylation sites (N-methyl/N-ethyl adjacent to an activating group) is 1. The summed E-state index contributed by atoms with van der Waals surface area (Å²) < 4.78 is 1.65. The molecule has 3 aliphatic heterocycles. The average molecular weight is 328 g/mol. The SMILES string of the molecule is Cc1nc2c(NC(=O)N3C[C@H]4CC[C@@H](C3)N(C)C4=O)cccn2n1. The van der Waals surface area contributed by atoms with E-state index in [0.29, 0.717) is 30.2 Å². The van der Waals surface area contributed by atoms with Crippen LogP contribution in [0.25, 0.3) is 5.65 Å². The van der Waals surface area contributed by atoms with E-state index in [1.54, 1.807) is 20.5 Å². The highest BCUT2D eigenvalue weighted by Gasteiger charge is 2.40. The number of rotatable bonds is 1. The molecule has 0 radical (unpaired) electrons. The van der Waals surface area contributed by atoms with Crippen LogP contribution >= 0.6 is 0 Å². The lowest BCUT2D eigenvalue weighted by atomic mass is 9.95. The molecule has 3 fully saturated rings. The monoisotopic (exact) mass is 328 g/mol. The summed E-state index contributed by atoms with van der Waals surface area (Å²) in [6, 6.07) is 3.54. The van der Waals surface area contributed by atoms with Gasteiger partial charge in [0, 0.05) is 32.4 Å². The van der Waals surface area contributed by atoms with Gasteiger partial charge in [-0.3, -0.25) is 4.79 Å². The maximum absolute atomic E-state index is 12.7. The van der Waals surface area contributed by atoms with Crippen LogP contribution in [0, 0.1) is 12.8 Å². The van der Waals surface area contributed by atoms with Crippen LogP contribution in [0.3, 0.4) is 0 Å². The second-order valence-corrected chi connectivity index (χ2v) is 6.56. The van der Waals surface area contributed by atoms with Crippen molar-refractivity contribution in [1.29, 1.82) is 0 Å². The van der Waals surface area contributed by atoms with Gasteiger partial charge >= 0.3 is 6.03 Å². The number of amides is 3. The molecule has 0 unspecified atom stereocenters. The minimum absolute atomic E-state index is 0.0920. The third kappa shape index (κ3) is 2.38. The van der Waals surface area contributed by atoms with Crippen molar-refractivity contribution in [2.75, 3.05) is 25.5 Å². The van der Waals surface area contributed by atoms with Crippen LogP contribution in [0.4, 0.5) is 10.5 Å². The maximum atomic E-state index is 12.7. The number of carbonyl (C=O) groups is 2. The Morgan fingerprint density at radius 3 is 3.00 bits per heavy atom. The summed E-state index contributed by atoms with van der Waals surface area (Å²) in [5, 5.41) is 7.18. The van der Waals surface area contributed by atoms with Gasteiger partial charge in [0.15, 0.2) is 5.65 Å². The van der Waals surface area contributed by atoms with Gasteiger partial charge in [-0.1, -0.05) is 0 Å². The van der Waals surface area contributed by atoms with Crippen LogP contribution in [0.1, 0.15) is 18.7 Å². The predicted octanol–water partition coefficient (Wildman–Crippen LogP) is 1.12. The van der Waals surface area contributed by atoms with E-state index < -0.39 is 0 Å². The zero-order valence-corrected chi connectivity index (χ0v) is 13.8. The first kappa shape index (κ1) is 14.9. The molecule has 8 heteroatoms. The first-order chi connectivity index (χ1) is 11.5. The molecule has 8 nitrogen and oxygen atoms in total. The van der Waals surface area contributed by atoms with Gasteiger partial charge in [-0.15, -0.1) is 0 Å². The van der Waals surface area contributed by atoms with Gasteiger partial charge in [0.1, 0.15) is 5.82 Å². The van der Waals surface area contributed by atoms with Crippen molar-refractivity contribution in [2.45, 2.75) is 25.8 Å². The summed E-state index contributed by atoms with van der Waals surface area (Å²) in [5.41, 5.74) is 1.24. The molecule has 3 saturated heterocycles. The van der Waals surface area contributed by atoms with Crippen LogP contribution in [0.15, 0.2) is 18.3 Å². The Balaban J connectivity index is 1.57. The van der Waals surface area contributed by atoms with E-state index in [-0.39, 0.29) is 23.9 Å². The fourth-order valence-electron chi connectivity index (χ4n) is 3.63. The molecule has 126 valence electrons. The minimum Gasteiger partial charge on any atom is -0.341 e. The number of carbonyl (C=O) groups excluding carboxylic acids is 2. The lowest BCUT2D eigenvalue weighted by Gasteiger charge is -2.32. The highest BCUT2D eigenvalue weighted by atomic mass is 16.2. The van der Waals surface area contributed by atoms with E-state index in [1.165, 1.54) is 0 Å². The minimum atomic E-state index is -0.191. The molecule has 2 bridgehead atoms. The summed E-state index contributed by atoms with van der Waals surface area (Å²) in [7, 11) is 1.83. The van der Waals surface area contributed by atoms with Gasteiger partial charge in [0.25, 0.3) is 0 Å². The van der Waals surface area contributed by atoms with Crippen LogP contribution in [-0.2, 0) is 4.79 Å². The van der Waals surface area contributed by atoms with E-state index in [9.17, 15) is 9.59 Å². The van der Waals surface area contributed by atoms with Gasteiger partial charge in [-0.2, -0.15) is 5.10 Å². The van der Waals surface area contributed by atoms with Crippen molar-refractivity contribution in [3.8, 4) is 0 Å². The van der Waals surface area contributed by atoms with Crippen LogP contribution in [-0.4, -0.2) is 62.5 Å². The van der Waals surface area contributed by atoms with Gasteiger partial charge in [0.05, 0.1) is 11.6 Å². The highest BCUT2D eigenvalue weighted by molar-refractivity contribution is 5.93. The van der Waals surface area contributed by atoms with Crippen molar-refractivity contribution in [2.24, 2.45) is 5.92 Å². The zero-order chi connectivity index (χ0) is 16.8. The molecule has 2 aromatic rings. The number of anilines is 1. The number of aryl methyl sites for hydroxylation is 1. The zero-order valence-electron chi connectivity index (χ0n) is 13.8. The molecular formula is C16H20N6O2. The summed E-state index contributed by atoms with van der Waals surface area (Å²) in [6.07, 6.45) is 3.61. The number of aromatic nitrogens is 3. The average Bonchev–Trinajstić information content (AvgIpc) is 2.75. The molecule has 0 aromatic carbocycles. The van der Waals surface area contributed by atoms with Crippen LogP contribution in [0.2, 0.25) is 0 Å². The van der Waals surface area contributed by atoms with Crippen LogP contribution in [0.5, 0.6) is 0 Å². The van der Waals surface area contributed by atoms with Crippen molar-refractivity contribution in [3.63, 3.8) is 0 Å². The molecule has 5 heterocycles. The number of pyridine rings is 1. The number of urea groups is 1. The Labute approximate surface area is 139 Å². The van der Waals surface area contributed by atoms with Gasteiger partial charge < -0.3 is 15.1 Å². The number of fused-ring (bicyclic) bond motifs is 5. The van der Waals surface area contributed by atoms with Crippen molar-refractivity contribution < 1.29 is 9.59 Å². The molecular weight excluding hydrogens is 308 g/mol. The molecule has 24 heavy (non-hydrogen) atoms. The van der Waals surface area contributed by atoms with Crippen molar-refractivity contribution in [1.82, 2.24) is 24.4 Å². The second kappa shape index (κ2) is 5.47. The first-order valence-corrected chi connectivity index (χ1v) is 8.17. The Kier molecular flexibility index (Phi) is 3.40. The van der Waals surface area contributed by atoms with E-state index >= 15 is 0 Å². The molecule has 5 rings (SSSR count). The van der Waals surface area contributed by atoms with Crippen molar-refractivity contribution >= 4 is 23.3 Å². The normalized spacial score (nSPS) is 23.7. The Morgan fingerprint density at radius 1 is 1.33 bits per heavy atom. The fourth-order valence-corrected chi connectivity index (χ4v) is 3.63. The van der Waals surface area contributed by atoms with Gasteiger partial charge in [-0.05, 0) is 31.9 Å². The number of nitrogens with zero attached hydrogens (tertiary/aromatic N) is 5. The molecule has 2 atom stereocenters. The Hall–Kier alpha value is -2.64. The topological polar surface area (TPSA) is 82.8 Å². The maximum Gasteiger partial charge on any atom is 0.322 e. The highest BCUT2D eigenvalue weighted by Crippen LogP contribution is 2.28. The summed E-state index contributed by atoms with van der Waals surface area (Å²) in [5.74, 6) is 0.707. The quantitative estimate of drug-likeness (QED) is 0.850. The standard InChI is InChI=1S/C16H20N6O2/c1-10-17-14-13(4-3-7-22(14)19-10)18-16(24)21-8-11-5-6-12(9-21)20(2)15(11)23/h3-4,7,11-12H,5-6,8-9H2,1-2H3,(H,18,24)/t11-,12+/m1/s1. The second-order valence-electron chi connectivity index (χ2n) is 6.56. The van der Waals surface area contributed by atoms with Crippen molar-refractivity contribution in [3.05, 3.63) is 24.2 Å². The molecule has 3 aliphatic rings. The predicted molar refractivity (Wildman–Crippen MR) is 87.6 cm³/mol. The van der Waals surface area contributed by atoms with E-state index in [2.05, 4.69) is 15.4 Å². The Morgan fingerprint density at radius 2 is 2.17 bits per heavy atom. The van der Waals surface area contributed by atoms with E-state index in [1.807, 2.05) is 26.1 Å². The lowest BCUT2D eigenvalue weighted by molar-refractivity contribution is -0.138. The third-order valence-corrected chi connectivity index (χ3v) is 4.96. The summed E-state index contributed by atoms with van der Waals surface area (Å²) in [6.45, 7) is 2.85. The van der Waals surface area contributed by atoms with Gasteiger partial charge in [0.2, 0.25) is 5.91 Å². The number of piperidine rings is 1. The Bertz CT molecular complexity index is 816. The number of nitrogens with one attached hydrogen (secondary N) is 1. The molecule has 0 aliphatic carbocycles. The summed E-state index contributed by atoms with van der Waals surface area (Å²) in [4.78, 5) is 32.9. The summed E-state index contributed by atoms with van der Waals surface area (Å²) >= 11 is 0. The van der Waals surface area contributed by atoms with Crippen LogP contribution < -0.4 is 5.32 Å². The smallest absolute Gasteiger partial charge is 0.322 e. The third-order valence-electron chi connectivity index (χ3n) is 4.96. The van der Waals surface area contributed by atoms with Gasteiger partial charge in [-0.25, -0.2) is 14.3 Å². The molecule has 0 spiro atoms. The molecule has 1 N–H and O–H groups in total. The number of hydrogen-bond donors (Lipinski definition) is 1. The molecule has 3 amide bonds. The number of hydrogen-bond acceptors (Lipinski definition) is 4. The molecule has 2 aromatic heterocycles. The fraction of sp³-hybridized carbons (Fsp3) is 0.500. The van der Waals surface area contributed by atoms with E-state index in [0.717, 1.165) is 12.8 Å². The first-order valence-electron chi connectivity index (χ1n) is 8.17. The lowest BCUT2D eigenvalue weighted by Crippen LogP contribution is -2.45. The molecule has 0 saturated carbocycles. The van der Waals surface area contributed by atoms with E-state index in [4.69, 9.17) is 0 Å². The largest absolute Gasteiger partial charge is 0.341 e.